The van der Waals surface area contributed by atoms with E-state index in [4.69, 9.17) is 4.74 Å². The van der Waals surface area contributed by atoms with Crippen molar-refractivity contribution in [1.82, 2.24) is 9.55 Å². The molecule has 110 valence electrons. The van der Waals surface area contributed by atoms with E-state index in [1.54, 1.807) is 7.11 Å². The fourth-order valence-corrected chi connectivity index (χ4v) is 1.85. The van der Waals surface area contributed by atoms with Gasteiger partial charge >= 0.3 is 0 Å². The lowest BCUT2D eigenvalue weighted by Gasteiger charge is -2.28. The Kier molecular flexibility index (Phi) is 5.41. The average molecular weight is 267 g/mol. The van der Waals surface area contributed by atoms with Gasteiger partial charge in [-0.2, -0.15) is 0 Å². The first kappa shape index (κ1) is 16.0. The number of hydrogen-bond acceptors (Lipinski definition) is 3. The molecule has 19 heavy (non-hydrogen) atoms. The van der Waals surface area contributed by atoms with Gasteiger partial charge in [0.05, 0.1) is 18.3 Å². The summed E-state index contributed by atoms with van der Waals surface area (Å²) in [5.74, 6) is 1.52. The number of methoxy groups -OCH3 is 1. The third kappa shape index (κ3) is 4.53. The molecule has 0 radical (unpaired) electrons. The normalized spacial score (nSPS) is 15.3. The van der Waals surface area contributed by atoms with E-state index in [1.807, 2.05) is 6.92 Å². The molecule has 0 saturated heterocycles. The third-order valence-electron chi connectivity index (χ3n) is 3.78. The van der Waals surface area contributed by atoms with Crippen LogP contribution in [0.3, 0.4) is 0 Å². The predicted molar refractivity (Wildman–Crippen MR) is 80.7 cm³/mol. The van der Waals surface area contributed by atoms with Gasteiger partial charge in [-0.05, 0) is 25.2 Å². The Morgan fingerprint density at radius 1 is 1.37 bits per heavy atom. The van der Waals surface area contributed by atoms with Gasteiger partial charge in [-0.25, -0.2) is 4.98 Å². The zero-order valence-corrected chi connectivity index (χ0v) is 13.4. The van der Waals surface area contributed by atoms with Crippen LogP contribution in [0.1, 0.15) is 46.4 Å². The van der Waals surface area contributed by atoms with Crippen molar-refractivity contribution in [1.29, 1.82) is 0 Å². The Labute approximate surface area is 117 Å². The van der Waals surface area contributed by atoms with E-state index in [0.29, 0.717) is 24.0 Å². The average Bonchev–Trinajstić information content (AvgIpc) is 2.66. The number of hydrogen-bond donors (Lipinski definition) is 1. The number of anilines is 1. The highest BCUT2D eigenvalue weighted by atomic mass is 16.5. The number of ether oxygens (including phenoxy) is 1. The van der Waals surface area contributed by atoms with E-state index in [1.165, 1.54) is 0 Å². The smallest absolute Gasteiger partial charge is 0.203 e. The van der Waals surface area contributed by atoms with Crippen molar-refractivity contribution >= 4 is 5.95 Å². The van der Waals surface area contributed by atoms with Crippen LogP contribution < -0.4 is 5.32 Å². The minimum absolute atomic E-state index is 0.290. The van der Waals surface area contributed by atoms with E-state index < -0.39 is 0 Å². The van der Waals surface area contributed by atoms with Gasteiger partial charge < -0.3 is 14.6 Å². The molecule has 4 nitrogen and oxygen atoms in total. The second-order valence-corrected chi connectivity index (χ2v) is 6.57. The lowest BCUT2D eigenvalue weighted by atomic mass is 9.82. The first-order chi connectivity index (χ1) is 8.75. The highest BCUT2D eigenvalue weighted by Gasteiger charge is 2.20. The molecule has 1 heterocycles. The zero-order chi connectivity index (χ0) is 14.6. The van der Waals surface area contributed by atoms with Crippen molar-refractivity contribution in [3.8, 4) is 0 Å². The van der Waals surface area contributed by atoms with E-state index in [0.717, 1.165) is 18.2 Å². The first-order valence-corrected chi connectivity index (χ1v) is 7.04. The minimum atomic E-state index is 0.290. The molecule has 1 aromatic rings. The molecule has 0 saturated carbocycles. The minimum Gasteiger partial charge on any atom is -0.383 e. The molecule has 2 unspecified atom stereocenters. The lowest BCUT2D eigenvalue weighted by molar-refractivity contribution is 0.163. The summed E-state index contributed by atoms with van der Waals surface area (Å²) in [6.07, 6.45) is 2.08. The number of nitrogens with zero attached hydrogens (tertiary/aromatic N) is 2. The molecule has 0 aliphatic carbocycles. The quantitative estimate of drug-likeness (QED) is 0.857. The molecule has 0 aliphatic heterocycles. The highest BCUT2D eigenvalue weighted by Crippen LogP contribution is 2.26. The Morgan fingerprint density at radius 3 is 2.53 bits per heavy atom. The SMILES string of the molecule is COCC(C)n1cc(C)nc1NCC(C)C(C)(C)C. The second kappa shape index (κ2) is 6.42. The van der Waals surface area contributed by atoms with Gasteiger partial charge in [0.1, 0.15) is 0 Å². The van der Waals surface area contributed by atoms with Crippen LogP contribution in [-0.2, 0) is 4.74 Å². The number of imidazole rings is 1. The molecule has 1 N–H and O–H groups in total. The molecule has 0 fully saturated rings. The van der Waals surface area contributed by atoms with E-state index >= 15 is 0 Å². The molecule has 0 spiro atoms. The van der Waals surface area contributed by atoms with Crippen molar-refractivity contribution in [2.24, 2.45) is 11.3 Å². The fraction of sp³-hybridized carbons (Fsp3) is 0.800. The maximum Gasteiger partial charge on any atom is 0.203 e. The van der Waals surface area contributed by atoms with Gasteiger partial charge in [-0.3, -0.25) is 0 Å². The van der Waals surface area contributed by atoms with E-state index in [-0.39, 0.29) is 0 Å². The standard InChI is InChI=1S/C15H29N3O/c1-11(15(4,5)6)8-16-14-17-12(2)9-18(14)13(3)10-19-7/h9,11,13H,8,10H2,1-7H3,(H,16,17). The van der Waals surface area contributed by atoms with Crippen molar-refractivity contribution in [2.45, 2.75) is 47.6 Å². The lowest BCUT2D eigenvalue weighted by Crippen LogP contribution is -2.26. The second-order valence-electron chi connectivity index (χ2n) is 6.57. The molecule has 0 bridgehead atoms. The van der Waals surface area contributed by atoms with Crippen LogP contribution in [0.4, 0.5) is 5.95 Å². The number of aryl methyl sites for hydroxylation is 1. The topological polar surface area (TPSA) is 39.1 Å². The summed E-state index contributed by atoms with van der Waals surface area (Å²) in [5, 5.41) is 3.48. The van der Waals surface area contributed by atoms with Crippen LogP contribution in [0.2, 0.25) is 0 Å². The predicted octanol–water partition coefficient (Wildman–Crippen LogP) is 3.49. The van der Waals surface area contributed by atoms with Gasteiger partial charge in [0, 0.05) is 19.9 Å². The van der Waals surface area contributed by atoms with Crippen LogP contribution in [0.25, 0.3) is 0 Å². The van der Waals surface area contributed by atoms with Crippen LogP contribution >= 0.6 is 0 Å². The van der Waals surface area contributed by atoms with Gasteiger partial charge in [0.2, 0.25) is 5.95 Å². The molecule has 1 rings (SSSR count). The molecule has 2 atom stereocenters. The fourth-order valence-electron chi connectivity index (χ4n) is 1.85. The number of rotatable bonds is 6. The maximum absolute atomic E-state index is 5.23. The summed E-state index contributed by atoms with van der Waals surface area (Å²) >= 11 is 0. The van der Waals surface area contributed by atoms with Gasteiger partial charge in [-0.15, -0.1) is 0 Å². The van der Waals surface area contributed by atoms with Crippen LogP contribution in [0.5, 0.6) is 0 Å². The summed E-state index contributed by atoms with van der Waals surface area (Å²) in [7, 11) is 1.73. The maximum atomic E-state index is 5.23. The largest absolute Gasteiger partial charge is 0.383 e. The van der Waals surface area contributed by atoms with Crippen molar-refractivity contribution < 1.29 is 4.74 Å². The van der Waals surface area contributed by atoms with Gasteiger partial charge in [0.25, 0.3) is 0 Å². The molecule has 4 heteroatoms. The Morgan fingerprint density at radius 2 is 2.00 bits per heavy atom. The van der Waals surface area contributed by atoms with Crippen molar-refractivity contribution in [2.75, 3.05) is 25.6 Å². The van der Waals surface area contributed by atoms with Crippen molar-refractivity contribution in [3.63, 3.8) is 0 Å². The first-order valence-electron chi connectivity index (χ1n) is 7.04. The Hall–Kier alpha value is -1.03. The molecular weight excluding hydrogens is 238 g/mol. The zero-order valence-electron chi connectivity index (χ0n) is 13.4. The Balaban J connectivity index is 2.73. The van der Waals surface area contributed by atoms with Crippen LogP contribution in [0, 0.1) is 18.3 Å². The summed E-state index contributed by atoms with van der Waals surface area (Å²) in [5.41, 5.74) is 1.34. The molecule has 0 amide bonds. The molecule has 0 aliphatic rings. The number of nitrogens with one attached hydrogen (secondary N) is 1. The number of aromatic nitrogens is 2. The molecule has 0 aromatic carbocycles. The third-order valence-corrected chi connectivity index (χ3v) is 3.78. The van der Waals surface area contributed by atoms with Crippen LogP contribution in [-0.4, -0.2) is 29.8 Å². The van der Waals surface area contributed by atoms with E-state index in [2.05, 4.69) is 55.7 Å². The monoisotopic (exact) mass is 267 g/mol. The summed E-state index contributed by atoms with van der Waals surface area (Å²) in [4.78, 5) is 4.56. The molecular formula is C15H29N3O. The summed E-state index contributed by atoms with van der Waals surface area (Å²) < 4.78 is 7.39. The van der Waals surface area contributed by atoms with Gasteiger partial charge in [-0.1, -0.05) is 27.7 Å². The summed E-state index contributed by atoms with van der Waals surface area (Å²) in [6, 6.07) is 0.290. The highest BCUT2D eigenvalue weighted by molar-refractivity contribution is 5.29. The van der Waals surface area contributed by atoms with Crippen LogP contribution in [0.15, 0.2) is 6.20 Å². The molecule has 1 aromatic heterocycles. The van der Waals surface area contributed by atoms with E-state index in [9.17, 15) is 0 Å². The van der Waals surface area contributed by atoms with Crippen molar-refractivity contribution in [3.05, 3.63) is 11.9 Å². The van der Waals surface area contributed by atoms with Gasteiger partial charge in [0.15, 0.2) is 0 Å². The Bertz CT molecular complexity index is 393. The summed E-state index contributed by atoms with van der Waals surface area (Å²) in [6.45, 7) is 14.9.